The maximum atomic E-state index is 10.7. The molecule has 6 nitrogen and oxygen atoms in total. The number of rotatable bonds is 2. The van der Waals surface area contributed by atoms with E-state index in [1.54, 1.807) is 24.3 Å². The Morgan fingerprint density at radius 2 is 1.68 bits per heavy atom. The van der Waals surface area contributed by atoms with E-state index in [1.807, 2.05) is 12.1 Å². The fourth-order valence-corrected chi connectivity index (χ4v) is 2.32. The standard InChI is InChI=1S/C18H11ClN4O2/c19-14-6-4-13(5-7-14)17-16(21-11-22-18(17)20)10-3-12-1-8-15(9-2-12)23(24)25/h1-2,4-9,11H,(H2,20,21,22). The van der Waals surface area contributed by atoms with Crippen LogP contribution >= 0.6 is 11.6 Å². The summed E-state index contributed by atoms with van der Waals surface area (Å²) < 4.78 is 0. The zero-order valence-electron chi connectivity index (χ0n) is 12.8. The molecule has 3 rings (SSSR count). The summed E-state index contributed by atoms with van der Waals surface area (Å²) in [5.74, 6) is 6.19. The Morgan fingerprint density at radius 3 is 2.32 bits per heavy atom. The number of hydrogen-bond acceptors (Lipinski definition) is 5. The highest BCUT2D eigenvalue weighted by Crippen LogP contribution is 2.27. The number of non-ortho nitro benzene ring substituents is 1. The fourth-order valence-electron chi connectivity index (χ4n) is 2.19. The number of anilines is 1. The van der Waals surface area contributed by atoms with Crippen LogP contribution in [0.25, 0.3) is 11.1 Å². The molecule has 0 aliphatic heterocycles. The van der Waals surface area contributed by atoms with Gasteiger partial charge in [0.2, 0.25) is 0 Å². The van der Waals surface area contributed by atoms with Crippen molar-refractivity contribution in [2.45, 2.75) is 0 Å². The first-order chi connectivity index (χ1) is 12.0. The molecule has 3 aromatic rings. The summed E-state index contributed by atoms with van der Waals surface area (Å²) in [4.78, 5) is 18.4. The van der Waals surface area contributed by atoms with E-state index < -0.39 is 4.92 Å². The van der Waals surface area contributed by atoms with Gasteiger partial charge in [-0.15, -0.1) is 0 Å². The van der Waals surface area contributed by atoms with Gasteiger partial charge in [-0.2, -0.15) is 0 Å². The molecule has 0 spiro atoms. The van der Waals surface area contributed by atoms with Crippen LogP contribution in [0.5, 0.6) is 0 Å². The fraction of sp³-hybridized carbons (Fsp3) is 0. The predicted molar refractivity (Wildman–Crippen MR) is 96.0 cm³/mol. The lowest BCUT2D eigenvalue weighted by molar-refractivity contribution is -0.384. The Kier molecular flexibility index (Phi) is 4.59. The van der Waals surface area contributed by atoms with Gasteiger partial charge < -0.3 is 5.73 Å². The van der Waals surface area contributed by atoms with E-state index in [9.17, 15) is 10.1 Å². The van der Waals surface area contributed by atoms with Gasteiger partial charge in [0.1, 0.15) is 17.8 Å². The van der Waals surface area contributed by atoms with Crippen molar-refractivity contribution in [3.63, 3.8) is 0 Å². The second kappa shape index (κ2) is 6.99. The number of hydrogen-bond donors (Lipinski definition) is 1. The predicted octanol–water partition coefficient (Wildman–Crippen LogP) is 3.69. The summed E-state index contributed by atoms with van der Waals surface area (Å²) in [5, 5.41) is 11.3. The van der Waals surface area contributed by atoms with E-state index in [2.05, 4.69) is 21.8 Å². The van der Waals surface area contributed by atoms with E-state index in [0.717, 1.165) is 5.56 Å². The van der Waals surface area contributed by atoms with E-state index in [-0.39, 0.29) is 5.69 Å². The van der Waals surface area contributed by atoms with Crippen molar-refractivity contribution in [2.75, 3.05) is 5.73 Å². The molecule has 0 fully saturated rings. The number of benzene rings is 2. The lowest BCUT2D eigenvalue weighted by Crippen LogP contribution is -1.99. The molecule has 25 heavy (non-hydrogen) atoms. The Bertz CT molecular complexity index is 990. The average Bonchev–Trinajstić information content (AvgIpc) is 2.61. The van der Waals surface area contributed by atoms with E-state index in [0.29, 0.717) is 27.7 Å². The molecule has 0 amide bonds. The van der Waals surface area contributed by atoms with Crippen LogP contribution in [0.2, 0.25) is 5.02 Å². The number of nitro groups is 1. The Labute approximate surface area is 148 Å². The van der Waals surface area contributed by atoms with Gasteiger partial charge in [0, 0.05) is 22.7 Å². The topological polar surface area (TPSA) is 94.9 Å². The first-order valence-corrected chi connectivity index (χ1v) is 7.55. The van der Waals surface area contributed by atoms with Crippen molar-refractivity contribution in [1.29, 1.82) is 0 Å². The molecular formula is C18H11ClN4O2. The molecule has 0 aliphatic rings. The van der Waals surface area contributed by atoms with Gasteiger partial charge in [-0.05, 0) is 35.7 Å². The lowest BCUT2D eigenvalue weighted by atomic mass is 10.0. The largest absolute Gasteiger partial charge is 0.383 e. The van der Waals surface area contributed by atoms with Crippen LogP contribution in [0, 0.1) is 22.0 Å². The molecule has 7 heteroatoms. The maximum Gasteiger partial charge on any atom is 0.269 e. The smallest absolute Gasteiger partial charge is 0.269 e. The Morgan fingerprint density at radius 1 is 1.00 bits per heavy atom. The van der Waals surface area contributed by atoms with Gasteiger partial charge in [-0.25, -0.2) is 9.97 Å². The number of aromatic nitrogens is 2. The number of nitro benzene ring substituents is 1. The SMILES string of the molecule is Nc1ncnc(C#Cc2ccc([N+](=O)[O-])cc2)c1-c1ccc(Cl)cc1. The number of nitrogen functional groups attached to an aromatic ring is 1. The van der Waals surface area contributed by atoms with E-state index >= 15 is 0 Å². The van der Waals surface area contributed by atoms with Gasteiger partial charge in [0.05, 0.1) is 10.5 Å². The average molecular weight is 351 g/mol. The molecule has 0 radical (unpaired) electrons. The summed E-state index contributed by atoms with van der Waals surface area (Å²) in [5.41, 5.74) is 8.52. The molecule has 0 bridgehead atoms. The highest BCUT2D eigenvalue weighted by atomic mass is 35.5. The van der Waals surface area contributed by atoms with Crippen LogP contribution in [0.15, 0.2) is 54.9 Å². The van der Waals surface area contributed by atoms with Crippen LogP contribution in [0.4, 0.5) is 11.5 Å². The minimum atomic E-state index is -0.457. The van der Waals surface area contributed by atoms with Crippen LogP contribution in [0.3, 0.4) is 0 Å². The summed E-state index contributed by atoms with van der Waals surface area (Å²) in [6, 6.07) is 13.1. The van der Waals surface area contributed by atoms with Crippen molar-refractivity contribution in [3.8, 4) is 23.0 Å². The summed E-state index contributed by atoms with van der Waals surface area (Å²) in [7, 11) is 0. The zero-order chi connectivity index (χ0) is 17.8. The molecule has 2 aromatic carbocycles. The summed E-state index contributed by atoms with van der Waals surface area (Å²) >= 11 is 5.92. The van der Waals surface area contributed by atoms with E-state index in [4.69, 9.17) is 17.3 Å². The summed E-state index contributed by atoms with van der Waals surface area (Å²) in [6.45, 7) is 0. The number of nitrogens with two attached hydrogens (primary N) is 1. The van der Waals surface area contributed by atoms with Gasteiger partial charge in [-0.3, -0.25) is 10.1 Å². The third kappa shape index (κ3) is 3.74. The Balaban J connectivity index is 2.00. The molecule has 122 valence electrons. The molecule has 1 aromatic heterocycles. The second-order valence-corrected chi connectivity index (χ2v) is 5.48. The molecule has 0 unspecified atom stereocenters. The maximum absolute atomic E-state index is 10.7. The normalized spacial score (nSPS) is 9.96. The van der Waals surface area contributed by atoms with Gasteiger partial charge in [0.15, 0.2) is 0 Å². The minimum Gasteiger partial charge on any atom is -0.383 e. The van der Waals surface area contributed by atoms with Crippen molar-refractivity contribution in [3.05, 3.63) is 81.3 Å². The molecule has 2 N–H and O–H groups in total. The van der Waals surface area contributed by atoms with Gasteiger partial charge in [0.25, 0.3) is 5.69 Å². The van der Waals surface area contributed by atoms with Crippen molar-refractivity contribution in [1.82, 2.24) is 9.97 Å². The van der Waals surface area contributed by atoms with Crippen molar-refractivity contribution >= 4 is 23.1 Å². The number of halogens is 1. The zero-order valence-corrected chi connectivity index (χ0v) is 13.6. The quantitative estimate of drug-likeness (QED) is 0.432. The van der Waals surface area contributed by atoms with Crippen LogP contribution < -0.4 is 5.73 Å². The van der Waals surface area contributed by atoms with Crippen LogP contribution in [-0.2, 0) is 0 Å². The minimum absolute atomic E-state index is 0.0127. The highest BCUT2D eigenvalue weighted by Gasteiger charge is 2.10. The highest BCUT2D eigenvalue weighted by molar-refractivity contribution is 6.30. The lowest BCUT2D eigenvalue weighted by Gasteiger charge is -2.06. The Hall–Kier alpha value is -3.43. The third-order valence-corrected chi connectivity index (χ3v) is 3.66. The monoisotopic (exact) mass is 350 g/mol. The van der Waals surface area contributed by atoms with Gasteiger partial charge in [-0.1, -0.05) is 29.7 Å². The molecular weight excluding hydrogens is 340 g/mol. The third-order valence-electron chi connectivity index (χ3n) is 3.41. The number of nitrogens with zero attached hydrogens (tertiary/aromatic N) is 3. The first kappa shape index (κ1) is 16.4. The molecule has 0 aliphatic carbocycles. The van der Waals surface area contributed by atoms with Crippen LogP contribution in [-0.4, -0.2) is 14.9 Å². The summed E-state index contributed by atoms with van der Waals surface area (Å²) in [6.07, 6.45) is 1.34. The second-order valence-electron chi connectivity index (χ2n) is 5.04. The molecule has 0 saturated carbocycles. The van der Waals surface area contributed by atoms with E-state index in [1.165, 1.54) is 18.5 Å². The molecule has 1 heterocycles. The van der Waals surface area contributed by atoms with Gasteiger partial charge >= 0.3 is 0 Å². The van der Waals surface area contributed by atoms with Crippen molar-refractivity contribution < 1.29 is 4.92 Å². The molecule has 0 atom stereocenters. The first-order valence-electron chi connectivity index (χ1n) is 7.17. The van der Waals surface area contributed by atoms with Crippen molar-refractivity contribution in [2.24, 2.45) is 0 Å². The van der Waals surface area contributed by atoms with Crippen LogP contribution in [0.1, 0.15) is 11.3 Å². The molecule has 0 saturated heterocycles.